The Morgan fingerprint density at radius 1 is 1.00 bits per heavy atom. The monoisotopic (exact) mass is 363 g/mol. The summed E-state index contributed by atoms with van der Waals surface area (Å²) in [6.07, 6.45) is 0. The lowest BCUT2D eigenvalue weighted by Gasteiger charge is -2.11. The minimum atomic E-state index is -1.05. The van der Waals surface area contributed by atoms with Gasteiger partial charge in [0.15, 0.2) is 13.2 Å². The van der Waals surface area contributed by atoms with Gasteiger partial charge in [0.1, 0.15) is 11.5 Å². The largest absolute Gasteiger partial charge is 0.484 e. The summed E-state index contributed by atoms with van der Waals surface area (Å²) in [4.78, 5) is 22.4. The number of carbonyl (C=O) groups is 2. The molecule has 0 unspecified atom stereocenters. The van der Waals surface area contributed by atoms with Crippen LogP contribution >= 0.6 is 11.6 Å². The van der Waals surface area contributed by atoms with Gasteiger partial charge < -0.3 is 19.9 Å². The average molecular weight is 364 g/mol. The number of carbonyl (C=O) groups excluding carboxylic acids is 1. The first-order chi connectivity index (χ1) is 11.8. The minimum absolute atomic E-state index is 0.141. The molecule has 6 nitrogen and oxygen atoms in total. The summed E-state index contributed by atoms with van der Waals surface area (Å²) in [6.45, 7) is 3.18. The summed E-state index contributed by atoms with van der Waals surface area (Å²) in [5, 5.41) is 11.9. The summed E-state index contributed by atoms with van der Waals surface area (Å²) in [7, 11) is 0. The molecule has 0 saturated heterocycles. The Morgan fingerprint density at radius 2 is 1.56 bits per heavy atom. The van der Waals surface area contributed by atoms with E-state index in [1.807, 2.05) is 13.8 Å². The predicted molar refractivity (Wildman–Crippen MR) is 94.6 cm³/mol. The number of aliphatic carboxylic acids is 1. The maximum absolute atomic E-state index is 12.0. The number of benzene rings is 2. The first-order valence-electron chi connectivity index (χ1n) is 7.49. The van der Waals surface area contributed by atoms with E-state index >= 15 is 0 Å². The van der Waals surface area contributed by atoms with Gasteiger partial charge >= 0.3 is 5.97 Å². The summed E-state index contributed by atoms with van der Waals surface area (Å²) in [5.41, 5.74) is 2.32. The van der Waals surface area contributed by atoms with Crippen LogP contribution in [0.2, 0.25) is 5.02 Å². The molecule has 0 heterocycles. The van der Waals surface area contributed by atoms with Crippen LogP contribution in [0.3, 0.4) is 0 Å². The Bertz CT molecular complexity index is 751. The number of carboxylic acids is 1. The second-order valence-corrected chi connectivity index (χ2v) is 5.79. The van der Waals surface area contributed by atoms with Crippen molar-refractivity contribution >= 4 is 29.2 Å². The molecule has 25 heavy (non-hydrogen) atoms. The van der Waals surface area contributed by atoms with Crippen molar-refractivity contribution in [3.8, 4) is 11.5 Å². The topological polar surface area (TPSA) is 84.9 Å². The van der Waals surface area contributed by atoms with Crippen molar-refractivity contribution in [2.45, 2.75) is 13.8 Å². The number of aryl methyl sites for hydroxylation is 2. The van der Waals surface area contributed by atoms with E-state index in [4.69, 9.17) is 26.2 Å². The lowest BCUT2D eigenvalue weighted by Crippen LogP contribution is -2.20. The molecule has 0 aliphatic heterocycles. The fourth-order valence-corrected chi connectivity index (χ4v) is 2.22. The lowest BCUT2D eigenvalue weighted by atomic mass is 10.1. The van der Waals surface area contributed by atoms with E-state index in [1.54, 1.807) is 36.4 Å². The number of halogens is 1. The number of ether oxygens (including phenoxy) is 2. The third-order valence-corrected chi connectivity index (χ3v) is 3.88. The van der Waals surface area contributed by atoms with E-state index in [-0.39, 0.29) is 12.5 Å². The van der Waals surface area contributed by atoms with Crippen LogP contribution in [-0.4, -0.2) is 30.2 Å². The van der Waals surface area contributed by atoms with Crippen LogP contribution in [0.15, 0.2) is 36.4 Å². The highest BCUT2D eigenvalue weighted by Gasteiger charge is 2.07. The predicted octanol–water partition coefficient (Wildman–Crippen LogP) is 3.44. The van der Waals surface area contributed by atoms with Crippen molar-refractivity contribution in [2.24, 2.45) is 0 Å². The first-order valence-corrected chi connectivity index (χ1v) is 7.87. The van der Waals surface area contributed by atoms with Crippen LogP contribution in [-0.2, 0) is 9.59 Å². The van der Waals surface area contributed by atoms with E-state index in [0.717, 1.165) is 11.1 Å². The molecule has 1 amide bonds. The number of carboxylic acid groups (broad SMARTS) is 1. The van der Waals surface area contributed by atoms with Crippen molar-refractivity contribution in [1.29, 1.82) is 0 Å². The molecule has 0 spiro atoms. The third kappa shape index (κ3) is 5.69. The smallest absolute Gasteiger partial charge is 0.341 e. The molecule has 7 heteroatoms. The first kappa shape index (κ1) is 18.6. The molecule has 2 N–H and O–H groups in total. The number of anilines is 1. The molecular formula is C18H18ClNO5. The molecule has 0 saturated carbocycles. The third-order valence-electron chi connectivity index (χ3n) is 3.28. The molecule has 132 valence electrons. The van der Waals surface area contributed by atoms with Crippen LogP contribution in [0.5, 0.6) is 11.5 Å². The molecule has 2 rings (SSSR count). The van der Waals surface area contributed by atoms with Gasteiger partial charge in [0, 0.05) is 10.7 Å². The van der Waals surface area contributed by atoms with Gasteiger partial charge in [-0.05, 0) is 61.4 Å². The summed E-state index contributed by atoms with van der Waals surface area (Å²) < 4.78 is 10.5. The van der Waals surface area contributed by atoms with Gasteiger partial charge in [-0.25, -0.2) is 4.79 Å². The fraction of sp³-hybridized carbons (Fsp3) is 0.222. The van der Waals surface area contributed by atoms with Crippen LogP contribution < -0.4 is 14.8 Å². The number of hydrogen-bond acceptors (Lipinski definition) is 4. The molecule has 2 aromatic rings. The van der Waals surface area contributed by atoms with Crippen LogP contribution in [0, 0.1) is 13.8 Å². The number of rotatable bonds is 7. The van der Waals surface area contributed by atoms with E-state index in [9.17, 15) is 9.59 Å². The van der Waals surface area contributed by atoms with Crippen LogP contribution in [0.1, 0.15) is 11.1 Å². The van der Waals surface area contributed by atoms with Crippen LogP contribution in [0.4, 0.5) is 5.69 Å². The SMILES string of the molecule is Cc1cc(OCC(=O)Nc2ccc(OCC(=O)O)cc2)cc(C)c1Cl. The number of nitrogens with one attached hydrogen (secondary N) is 1. The van der Waals surface area contributed by atoms with Crippen molar-refractivity contribution in [1.82, 2.24) is 0 Å². The highest BCUT2D eigenvalue weighted by Crippen LogP contribution is 2.25. The Morgan fingerprint density at radius 3 is 2.12 bits per heavy atom. The van der Waals surface area contributed by atoms with Gasteiger partial charge in [0.2, 0.25) is 0 Å². The van der Waals surface area contributed by atoms with Gasteiger partial charge in [-0.3, -0.25) is 4.79 Å². The van der Waals surface area contributed by atoms with Gasteiger partial charge in [-0.2, -0.15) is 0 Å². The quantitative estimate of drug-likeness (QED) is 0.787. The Balaban J connectivity index is 1.87. The van der Waals surface area contributed by atoms with Gasteiger partial charge in [-0.1, -0.05) is 11.6 Å². The molecule has 0 aromatic heterocycles. The van der Waals surface area contributed by atoms with E-state index in [2.05, 4.69) is 5.32 Å². The molecule has 0 radical (unpaired) electrons. The minimum Gasteiger partial charge on any atom is -0.484 e. The van der Waals surface area contributed by atoms with Gasteiger partial charge in [0.25, 0.3) is 5.91 Å². The Kier molecular flexibility index (Phi) is 6.25. The molecule has 0 aliphatic rings. The molecule has 2 aromatic carbocycles. The Hall–Kier alpha value is -2.73. The second-order valence-electron chi connectivity index (χ2n) is 5.41. The van der Waals surface area contributed by atoms with Gasteiger partial charge in [-0.15, -0.1) is 0 Å². The molecule has 0 bridgehead atoms. The van der Waals surface area contributed by atoms with Crippen LogP contribution in [0.25, 0.3) is 0 Å². The van der Waals surface area contributed by atoms with Crippen molar-refractivity contribution in [2.75, 3.05) is 18.5 Å². The highest BCUT2D eigenvalue weighted by molar-refractivity contribution is 6.32. The zero-order valence-electron chi connectivity index (χ0n) is 13.8. The molecule has 0 atom stereocenters. The molecular weight excluding hydrogens is 346 g/mol. The molecule has 0 fully saturated rings. The highest BCUT2D eigenvalue weighted by atomic mass is 35.5. The molecule has 0 aliphatic carbocycles. The Labute approximate surface area is 150 Å². The standard InChI is InChI=1S/C18H18ClNO5/c1-11-7-15(8-12(2)18(11)19)24-9-16(21)20-13-3-5-14(6-4-13)25-10-17(22)23/h3-8H,9-10H2,1-2H3,(H,20,21)(H,22,23). The zero-order valence-corrected chi connectivity index (χ0v) is 14.6. The van der Waals surface area contributed by atoms with E-state index < -0.39 is 12.6 Å². The van der Waals surface area contributed by atoms with Crippen molar-refractivity contribution in [3.63, 3.8) is 0 Å². The lowest BCUT2D eigenvalue weighted by molar-refractivity contribution is -0.139. The summed E-state index contributed by atoms with van der Waals surface area (Å²) in [5.74, 6) is -0.387. The summed E-state index contributed by atoms with van der Waals surface area (Å²) >= 11 is 6.09. The summed E-state index contributed by atoms with van der Waals surface area (Å²) in [6, 6.07) is 9.93. The van der Waals surface area contributed by atoms with Crippen molar-refractivity contribution < 1.29 is 24.2 Å². The average Bonchev–Trinajstić information content (AvgIpc) is 2.57. The van der Waals surface area contributed by atoms with E-state index in [1.165, 1.54) is 0 Å². The second kappa shape index (κ2) is 8.39. The van der Waals surface area contributed by atoms with E-state index in [0.29, 0.717) is 22.2 Å². The maximum atomic E-state index is 12.0. The number of amides is 1. The van der Waals surface area contributed by atoms with Gasteiger partial charge in [0.05, 0.1) is 0 Å². The van der Waals surface area contributed by atoms with Crippen molar-refractivity contribution in [3.05, 3.63) is 52.5 Å². The zero-order chi connectivity index (χ0) is 18.4. The normalized spacial score (nSPS) is 10.2. The maximum Gasteiger partial charge on any atom is 0.341 e. The number of hydrogen-bond donors (Lipinski definition) is 2. The fourth-order valence-electron chi connectivity index (χ4n) is 2.12.